The van der Waals surface area contributed by atoms with Gasteiger partial charge in [0.05, 0.1) is 20.5 Å². The molecule has 1 aliphatic heterocycles. The van der Waals surface area contributed by atoms with Crippen LogP contribution in [0, 0.1) is 0 Å². The molecule has 3 rings (SSSR count). The molecule has 5 nitrogen and oxygen atoms in total. The van der Waals surface area contributed by atoms with Gasteiger partial charge in [-0.2, -0.15) is 17.5 Å². The van der Waals surface area contributed by atoms with Crippen LogP contribution in [0.4, 0.5) is 13.2 Å². The summed E-state index contributed by atoms with van der Waals surface area (Å²) in [6, 6.07) is 8.04. The Morgan fingerprint density at radius 1 is 0.931 bits per heavy atom. The highest BCUT2D eigenvalue weighted by Gasteiger charge is 2.34. The van der Waals surface area contributed by atoms with Gasteiger partial charge in [-0.05, 0) is 36.4 Å². The van der Waals surface area contributed by atoms with E-state index in [1.807, 2.05) is 0 Å². The van der Waals surface area contributed by atoms with Crippen LogP contribution in [0.3, 0.4) is 0 Å². The fourth-order valence-corrected chi connectivity index (χ4v) is 4.69. The van der Waals surface area contributed by atoms with Crippen molar-refractivity contribution in [2.24, 2.45) is 0 Å². The van der Waals surface area contributed by atoms with E-state index in [1.54, 1.807) is 0 Å². The monoisotopic (exact) mass is 466 g/mol. The molecule has 0 spiro atoms. The summed E-state index contributed by atoms with van der Waals surface area (Å²) in [5.74, 6) is -0.334. The van der Waals surface area contributed by atoms with E-state index in [9.17, 15) is 26.4 Å². The maximum Gasteiger partial charge on any atom is 0.416 e. The van der Waals surface area contributed by atoms with Crippen molar-refractivity contribution in [2.75, 3.05) is 26.2 Å². The second-order valence-electron chi connectivity index (χ2n) is 6.35. The first kappa shape index (κ1) is 21.9. The molecule has 29 heavy (non-hydrogen) atoms. The third-order valence-electron chi connectivity index (χ3n) is 4.49. The normalized spacial score (nSPS) is 16.1. The third kappa shape index (κ3) is 4.69. The zero-order valence-corrected chi connectivity index (χ0v) is 17.1. The molecule has 1 saturated heterocycles. The molecule has 156 valence electrons. The van der Waals surface area contributed by atoms with Crippen LogP contribution in [0.25, 0.3) is 0 Å². The lowest BCUT2D eigenvalue weighted by atomic mass is 10.2. The van der Waals surface area contributed by atoms with Gasteiger partial charge < -0.3 is 4.90 Å². The van der Waals surface area contributed by atoms with Crippen molar-refractivity contribution in [1.29, 1.82) is 0 Å². The first-order chi connectivity index (χ1) is 13.5. The van der Waals surface area contributed by atoms with Crippen molar-refractivity contribution in [3.8, 4) is 0 Å². The van der Waals surface area contributed by atoms with Crippen molar-refractivity contribution in [2.45, 2.75) is 11.1 Å². The van der Waals surface area contributed by atoms with Gasteiger partial charge in [0, 0.05) is 31.7 Å². The lowest BCUT2D eigenvalue weighted by molar-refractivity contribution is -0.137. The van der Waals surface area contributed by atoms with Gasteiger partial charge in [-0.1, -0.05) is 29.3 Å². The highest BCUT2D eigenvalue weighted by Crippen LogP contribution is 2.31. The van der Waals surface area contributed by atoms with Gasteiger partial charge in [0.25, 0.3) is 5.91 Å². The Bertz CT molecular complexity index is 1040. The zero-order chi connectivity index (χ0) is 21.4. The third-order valence-corrected chi connectivity index (χ3v) is 7.13. The quantitative estimate of drug-likeness (QED) is 0.682. The van der Waals surface area contributed by atoms with Crippen molar-refractivity contribution in [3.05, 3.63) is 63.6 Å². The van der Waals surface area contributed by atoms with Crippen LogP contribution in [-0.4, -0.2) is 49.7 Å². The van der Waals surface area contributed by atoms with Gasteiger partial charge >= 0.3 is 6.18 Å². The Balaban J connectivity index is 1.73. The van der Waals surface area contributed by atoms with Crippen molar-refractivity contribution in [1.82, 2.24) is 9.21 Å². The summed E-state index contributed by atoms with van der Waals surface area (Å²) in [4.78, 5) is 13.6. The van der Waals surface area contributed by atoms with Crippen LogP contribution in [-0.2, 0) is 16.2 Å². The summed E-state index contributed by atoms with van der Waals surface area (Å²) < 4.78 is 65.2. The van der Waals surface area contributed by atoms with Crippen molar-refractivity contribution >= 4 is 39.1 Å². The van der Waals surface area contributed by atoms with Gasteiger partial charge in [0.2, 0.25) is 10.0 Å². The van der Waals surface area contributed by atoms with Crippen molar-refractivity contribution < 1.29 is 26.4 Å². The summed E-state index contributed by atoms with van der Waals surface area (Å²) in [6.45, 7) is 0.117. The smallest absolute Gasteiger partial charge is 0.336 e. The minimum absolute atomic E-state index is 0.0361. The molecule has 2 aromatic carbocycles. The highest BCUT2D eigenvalue weighted by atomic mass is 35.5. The molecular formula is C18H15Cl2F3N2O3S. The van der Waals surface area contributed by atoms with Gasteiger partial charge in [0.1, 0.15) is 0 Å². The molecule has 0 aromatic heterocycles. The SMILES string of the molecule is O=C(c1ccc(Cl)c(Cl)c1)N1CCN(S(=O)(=O)c2cccc(C(F)(F)F)c2)CC1. The largest absolute Gasteiger partial charge is 0.416 e. The topological polar surface area (TPSA) is 57.7 Å². The Morgan fingerprint density at radius 3 is 2.17 bits per heavy atom. The van der Waals surface area contributed by atoms with Gasteiger partial charge in [-0.15, -0.1) is 0 Å². The minimum Gasteiger partial charge on any atom is -0.336 e. The Kier molecular flexibility index (Phi) is 6.14. The number of carbonyl (C=O) groups is 1. The standard InChI is InChI=1S/C18H15Cl2F3N2O3S/c19-15-5-4-12(10-16(15)20)17(26)24-6-8-25(9-7-24)29(27,28)14-3-1-2-13(11-14)18(21,22)23/h1-5,10-11H,6-9H2. The zero-order valence-electron chi connectivity index (χ0n) is 14.8. The van der Waals surface area contributed by atoms with Crippen LogP contribution in [0.1, 0.15) is 15.9 Å². The number of amides is 1. The number of benzene rings is 2. The average Bonchev–Trinajstić information content (AvgIpc) is 2.69. The second-order valence-corrected chi connectivity index (χ2v) is 9.10. The molecular weight excluding hydrogens is 452 g/mol. The number of carbonyl (C=O) groups excluding carboxylic acids is 1. The predicted molar refractivity (Wildman–Crippen MR) is 103 cm³/mol. The van der Waals surface area contributed by atoms with E-state index in [4.69, 9.17) is 23.2 Å². The molecule has 1 aliphatic rings. The fourth-order valence-electron chi connectivity index (χ4n) is 2.93. The van der Waals surface area contributed by atoms with E-state index in [0.29, 0.717) is 16.7 Å². The van der Waals surface area contributed by atoms with Crippen molar-refractivity contribution in [3.63, 3.8) is 0 Å². The number of nitrogens with zero attached hydrogens (tertiary/aromatic N) is 2. The minimum atomic E-state index is -4.64. The first-order valence-corrected chi connectivity index (χ1v) is 10.6. The average molecular weight is 467 g/mol. The maximum absolute atomic E-state index is 12.9. The van der Waals surface area contributed by atoms with Gasteiger partial charge in [0.15, 0.2) is 0 Å². The molecule has 0 radical (unpaired) electrons. The lowest BCUT2D eigenvalue weighted by Gasteiger charge is -2.34. The molecule has 1 amide bonds. The maximum atomic E-state index is 12.9. The molecule has 11 heteroatoms. The van der Waals surface area contributed by atoms with Crippen LogP contribution in [0.5, 0.6) is 0 Å². The van der Waals surface area contributed by atoms with E-state index in [1.165, 1.54) is 23.1 Å². The number of halogens is 5. The number of rotatable bonds is 3. The van der Waals surface area contributed by atoms with E-state index in [-0.39, 0.29) is 37.1 Å². The summed E-state index contributed by atoms with van der Waals surface area (Å²) in [6.07, 6.45) is -4.64. The van der Waals surface area contributed by atoms with Crippen LogP contribution < -0.4 is 0 Å². The molecule has 2 aromatic rings. The Morgan fingerprint density at radius 2 is 1.59 bits per heavy atom. The second kappa shape index (κ2) is 8.14. The Hall–Kier alpha value is -1.81. The molecule has 0 atom stereocenters. The number of hydrogen-bond donors (Lipinski definition) is 0. The highest BCUT2D eigenvalue weighted by molar-refractivity contribution is 7.89. The molecule has 0 saturated carbocycles. The number of alkyl halides is 3. The number of sulfonamides is 1. The van der Waals surface area contributed by atoms with Crippen LogP contribution >= 0.6 is 23.2 Å². The summed E-state index contributed by atoms with van der Waals surface area (Å²) in [5, 5.41) is 0.531. The lowest BCUT2D eigenvalue weighted by Crippen LogP contribution is -2.50. The molecule has 0 N–H and O–H groups in total. The first-order valence-electron chi connectivity index (χ1n) is 8.42. The predicted octanol–water partition coefficient (Wildman–Crippen LogP) is 4.16. The Labute approximate surface area is 175 Å². The molecule has 1 heterocycles. The van der Waals surface area contributed by atoms with Gasteiger partial charge in [-0.3, -0.25) is 4.79 Å². The van der Waals surface area contributed by atoms with Gasteiger partial charge in [-0.25, -0.2) is 8.42 Å². The summed E-state index contributed by atoms with van der Waals surface area (Å²) >= 11 is 11.8. The molecule has 1 fully saturated rings. The summed E-state index contributed by atoms with van der Waals surface area (Å²) in [5.41, 5.74) is -0.722. The van der Waals surface area contributed by atoms with Crippen LogP contribution in [0.15, 0.2) is 47.4 Å². The number of piperazine rings is 1. The van der Waals surface area contributed by atoms with E-state index >= 15 is 0 Å². The molecule has 0 aliphatic carbocycles. The van der Waals surface area contributed by atoms with Crippen LogP contribution in [0.2, 0.25) is 10.0 Å². The van der Waals surface area contributed by atoms with E-state index < -0.39 is 26.7 Å². The molecule has 0 bridgehead atoms. The fraction of sp³-hybridized carbons (Fsp3) is 0.278. The van der Waals surface area contributed by atoms with E-state index in [0.717, 1.165) is 22.5 Å². The van der Waals surface area contributed by atoms with E-state index in [2.05, 4.69) is 0 Å². The number of hydrogen-bond acceptors (Lipinski definition) is 3. The molecule has 0 unspecified atom stereocenters. The summed E-state index contributed by atoms with van der Waals surface area (Å²) in [7, 11) is -4.11.